The summed E-state index contributed by atoms with van der Waals surface area (Å²) in [5, 5.41) is 9.17. The summed E-state index contributed by atoms with van der Waals surface area (Å²) in [6.07, 6.45) is 7.84. The Morgan fingerprint density at radius 3 is 3.12 bits per heavy atom. The molecule has 1 unspecified atom stereocenters. The van der Waals surface area contributed by atoms with Gasteiger partial charge in [0.05, 0.1) is 37.2 Å². The Bertz CT molecular complexity index is 1160. The molecule has 0 radical (unpaired) electrons. The molecule has 168 valence electrons. The molecule has 1 saturated heterocycles. The number of rotatable bonds is 6. The minimum absolute atomic E-state index is 0.0440. The number of pyridine rings is 1. The van der Waals surface area contributed by atoms with Crippen molar-refractivity contribution in [2.75, 3.05) is 31.6 Å². The number of aryl methyl sites for hydroxylation is 1. The van der Waals surface area contributed by atoms with Crippen LogP contribution in [-0.2, 0) is 24.3 Å². The molecule has 0 bridgehead atoms. The molecule has 3 aromatic heterocycles. The second-order valence-corrected chi connectivity index (χ2v) is 8.56. The molecule has 3 aromatic rings. The van der Waals surface area contributed by atoms with E-state index in [0.29, 0.717) is 25.8 Å². The second-order valence-electron chi connectivity index (χ2n) is 8.56. The summed E-state index contributed by atoms with van der Waals surface area (Å²) in [4.78, 5) is 28.3. The molecular formula is C23H29N7O2. The summed E-state index contributed by atoms with van der Waals surface area (Å²) >= 11 is 0. The molecule has 0 amide bonds. The Kier molecular flexibility index (Phi) is 6.09. The standard InChI is InChI=1S/C23H29N7O2/c1-16-26-21-14-24-7-5-19(21)23(27-16)25-13-18-4-2-3-8-29(18)9-10-30-22(31)12-17-15-32-11-6-20(17)28-30/h5,7,12,14,18H,2-4,6,8-11,13,15H2,1H3,(H,25,26,27). The number of fused-ring (bicyclic) bond motifs is 2. The van der Waals surface area contributed by atoms with Gasteiger partial charge >= 0.3 is 0 Å². The van der Waals surface area contributed by atoms with Gasteiger partial charge in [-0.1, -0.05) is 6.42 Å². The third-order valence-electron chi connectivity index (χ3n) is 6.37. The average Bonchev–Trinajstić information content (AvgIpc) is 2.81. The maximum atomic E-state index is 12.5. The molecule has 32 heavy (non-hydrogen) atoms. The lowest BCUT2D eigenvalue weighted by Gasteiger charge is -2.36. The summed E-state index contributed by atoms with van der Waals surface area (Å²) in [5.41, 5.74) is 2.73. The molecule has 1 atom stereocenters. The highest BCUT2D eigenvalue weighted by atomic mass is 16.5. The molecular weight excluding hydrogens is 406 g/mol. The van der Waals surface area contributed by atoms with E-state index in [9.17, 15) is 4.79 Å². The van der Waals surface area contributed by atoms with Crippen LogP contribution in [0.4, 0.5) is 5.82 Å². The molecule has 0 spiro atoms. The smallest absolute Gasteiger partial charge is 0.267 e. The van der Waals surface area contributed by atoms with E-state index in [2.05, 4.69) is 30.3 Å². The van der Waals surface area contributed by atoms with Gasteiger partial charge in [-0.25, -0.2) is 14.6 Å². The Morgan fingerprint density at radius 2 is 2.19 bits per heavy atom. The molecule has 9 nitrogen and oxygen atoms in total. The highest BCUT2D eigenvalue weighted by molar-refractivity contribution is 5.88. The van der Waals surface area contributed by atoms with Gasteiger partial charge in [-0.3, -0.25) is 14.7 Å². The fourth-order valence-corrected chi connectivity index (χ4v) is 4.67. The van der Waals surface area contributed by atoms with E-state index in [-0.39, 0.29) is 5.56 Å². The van der Waals surface area contributed by atoms with Crippen molar-refractivity contribution in [1.82, 2.24) is 29.6 Å². The minimum atomic E-state index is -0.0440. The lowest BCUT2D eigenvalue weighted by molar-refractivity contribution is 0.107. The summed E-state index contributed by atoms with van der Waals surface area (Å²) in [5.74, 6) is 1.59. The number of anilines is 1. The van der Waals surface area contributed by atoms with E-state index < -0.39 is 0 Å². The Balaban J connectivity index is 1.27. The molecule has 5 rings (SSSR count). The van der Waals surface area contributed by atoms with E-state index in [1.54, 1.807) is 23.1 Å². The van der Waals surface area contributed by atoms with Crippen LogP contribution in [0.5, 0.6) is 0 Å². The van der Waals surface area contributed by atoms with Crippen LogP contribution in [-0.4, -0.2) is 61.9 Å². The van der Waals surface area contributed by atoms with Crippen molar-refractivity contribution in [3.05, 3.63) is 52.0 Å². The average molecular weight is 436 g/mol. The Labute approximate surface area is 186 Å². The summed E-state index contributed by atoms with van der Waals surface area (Å²) in [6, 6.07) is 4.03. The number of hydrogen-bond acceptors (Lipinski definition) is 8. The number of nitrogens with one attached hydrogen (secondary N) is 1. The largest absolute Gasteiger partial charge is 0.376 e. The number of hydrogen-bond donors (Lipinski definition) is 1. The zero-order valence-corrected chi connectivity index (χ0v) is 18.5. The first-order chi connectivity index (χ1) is 15.7. The molecule has 5 heterocycles. The van der Waals surface area contributed by atoms with Crippen molar-refractivity contribution < 1.29 is 4.74 Å². The fourth-order valence-electron chi connectivity index (χ4n) is 4.67. The van der Waals surface area contributed by atoms with Gasteiger partial charge < -0.3 is 10.1 Å². The molecule has 1 fully saturated rings. The maximum absolute atomic E-state index is 12.5. The Hall–Kier alpha value is -2.91. The normalized spacial score (nSPS) is 19.1. The third kappa shape index (κ3) is 4.49. The van der Waals surface area contributed by atoms with Crippen LogP contribution in [0.15, 0.2) is 29.3 Å². The quantitative estimate of drug-likeness (QED) is 0.627. The van der Waals surface area contributed by atoms with Gasteiger partial charge in [-0.2, -0.15) is 5.10 Å². The number of aromatic nitrogens is 5. The predicted molar refractivity (Wildman–Crippen MR) is 122 cm³/mol. The third-order valence-corrected chi connectivity index (χ3v) is 6.37. The van der Waals surface area contributed by atoms with Crippen LogP contribution in [0.1, 0.15) is 36.3 Å². The summed E-state index contributed by atoms with van der Waals surface area (Å²) in [7, 11) is 0. The number of likely N-dealkylation sites (tertiary alicyclic amines) is 1. The monoisotopic (exact) mass is 435 g/mol. The van der Waals surface area contributed by atoms with Crippen molar-refractivity contribution in [1.29, 1.82) is 0 Å². The fraction of sp³-hybridized carbons (Fsp3) is 0.522. The van der Waals surface area contributed by atoms with Gasteiger partial charge in [0.1, 0.15) is 11.6 Å². The molecule has 0 aliphatic carbocycles. The molecule has 1 N–H and O–H groups in total. The molecule has 2 aliphatic rings. The molecule has 2 aliphatic heterocycles. The van der Waals surface area contributed by atoms with Crippen LogP contribution >= 0.6 is 0 Å². The maximum Gasteiger partial charge on any atom is 0.267 e. The van der Waals surface area contributed by atoms with Crippen LogP contribution in [0.3, 0.4) is 0 Å². The van der Waals surface area contributed by atoms with Crippen molar-refractivity contribution in [3.8, 4) is 0 Å². The van der Waals surface area contributed by atoms with E-state index in [1.807, 2.05) is 13.0 Å². The van der Waals surface area contributed by atoms with Crippen LogP contribution in [0, 0.1) is 6.92 Å². The Morgan fingerprint density at radius 1 is 1.25 bits per heavy atom. The zero-order chi connectivity index (χ0) is 21.9. The number of piperidine rings is 1. The molecule has 0 aromatic carbocycles. The van der Waals surface area contributed by atoms with Gasteiger partial charge in [0.2, 0.25) is 0 Å². The zero-order valence-electron chi connectivity index (χ0n) is 18.5. The summed E-state index contributed by atoms with van der Waals surface area (Å²) < 4.78 is 7.06. The predicted octanol–water partition coefficient (Wildman–Crippen LogP) is 1.93. The van der Waals surface area contributed by atoms with E-state index >= 15 is 0 Å². The van der Waals surface area contributed by atoms with Gasteiger partial charge in [-0.15, -0.1) is 0 Å². The minimum Gasteiger partial charge on any atom is -0.376 e. The number of ether oxygens (including phenoxy) is 1. The lowest BCUT2D eigenvalue weighted by atomic mass is 10.0. The highest BCUT2D eigenvalue weighted by Gasteiger charge is 2.23. The molecule has 9 heteroatoms. The van der Waals surface area contributed by atoms with E-state index in [0.717, 1.165) is 66.3 Å². The van der Waals surface area contributed by atoms with E-state index in [1.165, 1.54) is 12.8 Å². The first-order valence-electron chi connectivity index (χ1n) is 11.4. The lowest BCUT2D eigenvalue weighted by Crippen LogP contribution is -2.46. The first-order valence-corrected chi connectivity index (χ1v) is 11.4. The van der Waals surface area contributed by atoms with Crippen LogP contribution < -0.4 is 10.9 Å². The highest BCUT2D eigenvalue weighted by Crippen LogP contribution is 2.22. The number of nitrogens with zero attached hydrogens (tertiary/aromatic N) is 6. The van der Waals surface area contributed by atoms with Gasteiger partial charge in [0.25, 0.3) is 5.56 Å². The second kappa shape index (κ2) is 9.30. The van der Waals surface area contributed by atoms with Crippen LogP contribution in [0.2, 0.25) is 0 Å². The van der Waals surface area contributed by atoms with Gasteiger partial charge in [-0.05, 0) is 32.4 Å². The topological polar surface area (TPSA) is 98.1 Å². The summed E-state index contributed by atoms with van der Waals surface area (Å²) in [6.45, 7) is 6.31. The first kappa shape index (κ1) is 21.0. The van der Waals surface area contributed by atoms with Crippen molar-refractivity contribution in [2.45, 2.75) is 51.8 Å². The van der Waals surface area contributed by atoms with Crippen LogP contribution in [0.25, 0.3) is 10.9 Å². The van der Waals surface area contributed by atoms with E-state index in [4.69, 9.17) is 4.74 Å². The van der Waals surface area contributed by atoms with Gasteiger partial charge in [0.15, 0.2) is 0 Å². The van der Waals surface area contributed by atoms with Gasteiger partial charge in [0, 0.05) is 48.8 Å². The SMILES string of the molecule is Cc1nc(NCC2CCCCN2CCn2nc3c(cc2=O)COCC3)c2ccncc2n1. The molecule has 0 saturated carbocycles. The van der Waals surface area contributed by atoms with Crippen molar-refractivity contribution >= 4 is 16.7 Å². The van der Waals surface area contributed by atoms with Crippen molar-refractivity contribution in [2.24, 2.45) is 0 Å². The van der Waals surface area contributed by atoms with Crippen molar-refractivity contribution in [3.63, 3.8) is 0 Å².